The minimum absolute atomic E-state index is 0.790. The first kappa shape index (κ1) is 15.2. The zero-order valence-electron chi connectivity index (χ0n) is 9.25. The molecule has 1 rings (SSSR count). The number of hydrogen-bond acceptors (Lipinski definition) is 8. The summed E-state index contributed by atoms with van der Waals surface area (Å²) in [6, 6.07) is 0. The van der Waals surface area contributed by atoms with Gasteiger partial charge in [0.1, 0.15) is 24.4 Å². The first-order valence-electron chi connectivity index (χ1n) is 5.19. The summed E-state index contributed by atoms with van der Waals surface area (Å²) >= 11 is 0. The van der Waals surface area contributed by atoms with E-state index in [9.17, 15) is 30.3 Å². The van der Waals surface area contributed by atoms with Gasteiger partial charge in [0, 0.05) is 6.42 Å². The maximum atomic E-state index is 10.8. The fourth-order valence-electron chi connectivity index (χ4n) is 1.70. The van der Waals surface area contributed by atoms with Gasteiger partial charge in [-0.25, -0.2) is 4.79 Å². The van der Waals surface area contributed by atoms with E-state index < -0.39 is 55.3 Å². The van der Waals surface area contributed by atoms with E-state index in [-0.39, 0.29) is 0 Å². The molecule has 6 atom stereocenters. The van der Waals surface area contributed by atoms with Crippen molar-refractivity contribution in [1.82, 2.24) is 0 Å². The molecule has 0 bridgehead atoms. The largest absolute Gasteiger partial charge is 0.477 e. The van der Waals surface area contributed by atoms with Crippen molar-refractivity contribution in [3.63, 3.8) is 0 Å². The summed E-state index contributed by atoms with van der Waals surface area (Å²) < 4.78 is 4.63. The maximum absolute atomic E-state index is 10.8. The van der Waals surface area contributed by atoms with Crippen LogP contribution in [0.3, 0.4) is 0 Å². The Bertz CT molecular complexity index is 308. The van der Waals surface area contributed by atoms with E-state index >= 15 is 0 Å². The third-order valence-corrected chi connectivity index (χ3v) is 2.80. The molecule has 1 heterocycles. The smallest absolute Gasteiger partial charge is 0.364 e. The Morgan fingerprint density at radius 1 is 1.39 bits per heavy atom. The first-order valence-corrected chi connectivity index (χ1v) is 5.19. The lowest BCUT2D eigenvalue weighted by Crippen LogP contribution is -2.63. The van der Waals surface area contributed by atoms with E-state index in [1.807, 2.05) is 0 Å². The molecule has 0 saturated carbocycles. The summed E-state index contributed by atoms with van der Waals surface area (Å²) in [6.45, 7) is -0.866. The van der Waals surface area contributed by atoms with Crippen LogP contribution >= 0.6 is 0 Å². The molecule has 0 amide bonds. The van der Waals surface area contributed by atoms with Gasteiger partial charge in [-0.15, -0.1) is 0 Å². The van der Waals surface area contributed by atoms with Crippen molar-refractivity contribution in [3.05, 3.63) is 0 Å². The third-order valence-electron chi connectivity index (χ3n) is 2.80. The van der Waals surface area contributed by atoms with Gasteiger partial charge < -0.3 is 40.5 Å². The summed E-state index contributed by atoms with van der Waals surface area (Å²) in [7, 11) is 0. The Hall–Kier alpha value is -0.810. The Labute approximate surface area is 101 Å². The standard InChI is InChI=1S/C9H16O9/c10-2-4(12)6(14)7-5(13)3(11)1-9(17,18-7)8(15)16/h3-7,10-14,17H,1-2H2,(H,15,16)/t3-,4+,5+,6-,7-,9-/m0/s1. The fraction of sp³-hybridized carbons (Fsp3) is 0.889. The molecule has 0 aromatic rings. The van der Waals surface area contributed by atoms with Crippen molar-refractivity contribution in [2.45, 2.75) is 42.7 Å². The number of carbonyl (C=O) groups is 1. The van der Waals surface area contributed by atoms with E-state index in [0.29, 0.717) is 0 Å². The highest BCUT2D eigenvalue weighted by molar-refractivity contribution is 5.75. The maximum Gasteiger partial charge on any atom is 0.364 e. The van der Waals surface area contributed by atoms with Crippen LogP contribution in [0.15, 0.2) is 0 Å². The van der Waals surface area contributed by atoms with Crippen molar-refractivity contribution in [2.24, 2.45) is 0 Å². The molecule has 0 aromatic carbocycles. The first-order chi connectivity index (χ1) is 8.23. The number of rotatable bonds is 4. The average molecular weight is 268 g/mol. The Morgan fingerprint density at radius 2 is 1.94 bits per heavy atom. The van der Waals surface area contributed by atoms with E-state index in [1.54, 1.807) is 0 Å². The predicted molar refractivity (Wildman–Crippen MR) is 53.2 cm³/mol. The van der Waals surface area contributed by atoms with Gasteiger partial charge in [0.2, 0.25) is 0 Å². The van der Waals surface area contributed by atoms with E-state index in [4.69, 9.17) is 10.2 Å². The molecule has 1 fully saturated rings. The molecule has 1 aliphatic heterocycles. The number of carboxylic acid groups (broad SMARTS) is 1. The topological polar surface area (TPSA) is 168 Å². The Morgan fingerprint density at radius 3 is 2.39 bits per heavy atom. The van der Waals surface area contributed by atoms with Crippen LogP contribution < -0.4 is 0 Å². The molecule has 9 heteroatoms. The lowest BCUT2D eigenvalue weighted by atomic mass is 9.91. The highest BCUT2D eigenvalue weighted by Crippen LogP contribution is 2.30. The minimum atomic E-state index is -2.78. The quantitative estimate of drug-likeness (QED) is 0.268. The van der Waals surface area contributed by atoms with E-state index in [0.717, 1.165) is 0 Å². The van der Waals surface area contributed by atoms with Gasteiger partial charge >= 0.3 is 5.97 Å². The van der Waals surface area contributed by atoms with Crippen molar-refractivity contribution in [3.8, 4) is 0 Å². The summed E-state index contributed by atoms with van der Waals surface area (Å²) in [5.41, 5.74) is 0. The molecule has 1 aliphatic rings. The summed E-state index contributed by atoms with van der Waals surface area (Å²) in [4.78, 5) is 10.8. The zero-order valence-corrected chi connectivity index (χ0v) is 9.25. The lowest BCUT2D eigenvalue weighted by molar-refractivity contribution is -0.312. The van der Waals surface area contributed by atoms with Crippen molar-refractivity contribution in [2.75, 3.05) is 6.61 Å². The van der Waals surface area contributed by atoms with Crippen LogP contribution in [0.5, 0.6) is 0 Å². The predicted octanol–water partition coefficient (Wildman–Crippen LogP) is -4.02. The highest BCUT2D eigenvalue weighted by atomic mass is 16.7. The number of ether oxygens (including phenoxy) is 1. The second kappa shape index (κ2) is 5.45. The van der Waals surface area contributed by atoms with E-state index in [1.165, 1.54) is 0 Å². The SMILES string of the molecule is O=C(O)[C@]1(O)C[C@H](O)[C@@H](O)[C@@H]([C@@H](O)[C@H](O)CO)O1. The minimum Gasteiger partial charge on any atom is -0.477 e. The van der Waals surface area contributed by atoms with Gasteiger partial charge in [-0.3, -0.25) is 0 Å². The molecule has 0 unspecified atom stereocenters. The zero-order chi connectivity index (χ0) is 14.1. The van der Waals surface area contributed by atoms with Crippen molar-refractivity contribution < 1.29 is 45.3 Å². The number of carboxylic acids is 1. The highest BCUT2D eigenvalue weighted by Gasteiger charge is 2.53. The van der Waals surface area contributed by atoms with Gasteiger partial charge in [0.25, 0.3) is 5.79 Å². The van der Waals surface area contributed by atoms with Gasteiger partial charge in [0.05, 0.1) is 12.7 Å². The number of hydrogen-bond donors (Lipinski definition) is 7. The second-order valence-electron chi connectivity index (χ2n) is 4.17. The molecule has 1 saturated heterocycles. The lowest BCUT2D eigenvalue weighted by Gasteiger charge is -2.42. The average Bonchev–Trinajstić information content (AvgIpc) is 2.31. The molecule has 0 aliphatic carbocycles. The van der Waals surface area contributed by atoms with E-state index in [2.05, 4.69) is 4.74 Å². The van der Waals surface area contributed by atoms with Gasteiger partial charge in [-0.2, -0.15) is 0 Å². The number of aliphatic hydroxyl groups is 6. The molecule has 18 heavy (non-hydrogen) atoms. The van der Waals surface area contributed by atoms with Crippen molar-refractivity contribution in [1.29, 1.82) is 0 Å². The summed E-state index contributed by atoms with van der Waals surface area (Å²) in [5, 5.41) is 64.6. The fourth-order valence-corrected chi connectivity index (χ4v) is 1.70. The molecular weight excluding hydrogens is 252 g/mol. The number of aliphatic hydroxyl groups excluding tert-OH is 5. The van der Waals surface area contributed by atoms with Crippen LogP contribution in [0.2, 0.25) is 0 Å². The van der Waals surface area contributed by atoms with Crippen molar-refractivity contribution >= 4 is 5.97 Å². The summed E-state index contributed by atoms with van der Waals surface area (Å²) in [5.74, 6) is -4.58. The summed E-state index contributed by atoms with van der Waals surface area (Å²) in [6.07, 6.45) is -9.50. The molecule has 0 radical (unpaired) electrons. The molecular formula is C9H16O9. The number of aliphatic carboxylic acids is 1. The molecule has 106 valence electrons. The monoisotopic (exact) mass is 268 g/mol. The van der Waals surface area contributed by atoms with Crippen LogP contribution in [0.25, 0.3) is 0 Å². The normalized spacial score (nSPS) is 40.2. The van der Waals surface area contributed by atoms with Gasteiger partial charge in [-0.1, -0.05) is 0 Å². The van der Waals surface area contributed by atoms with Crippen LogP contribution in [0.1, 0.15) is 6.42 Å². The molecule has 0 aromatic heterocycles. The van der Waals surface area contributed by atoms with Crippen LogP contribution in [-0.4, -0.2) is 84.6 Å². The van der Waals surface area contributed by atoms with Gasteiger partial charge in [0.15, 0.2) is 0 Å². The van der Waals surface area contributed by atoms with Gasteiger partial charge in [-0.05, 0) is 0 Å². The van der Waals surface area contributed by atoms with Crippen LogP contribution in [0, 0.1) is 0 Å². The molecule has 9 nitrogen and oxygen atoms in total. The Kier molecular flexibility index (Phi) is 4.61. The molecule has 0 spiro atoms. The third kappa shape index (κ3) is 2.78. The Balaban J connectivity index is 2.92. The van der Waals surface area contributed by atoms with Crippen LogP contribution in [-0.2, 0) is 9.53 Å². The second-order valence-corrected chi connectivity index (χ2v) is 4.17. The van der Waals surface area contributed by atoms with Crippen LogP contribution in [0.4, 0.5) is 0 Å². The molecule has 7 N–H and O–H groups in total.